The van der Waals surface area contributed by atoms with Crippen molar-refractivity contribution in [2.24, 2.45) is 0 Å². The van der Waals surface area contributed by atoms with Crippen molar-refractivity contribution in [3.05, 3.63) is 59.1 Å². The molecule has 0 bridgehead atoms. The van der Waals surface area contributed by atoms with Crippen molar-refractivity contribution in [3.63, 3.8) is 0 Å². The molecule has 0 unspecified atom stereocenters. The highest BCUT2D eigenvalue weighted by atomic mass is 35.5. The smallest absolute Gasteiger partial charge is 0.257 e. The van der Waals surface area contributed by atoms with Gasteiger partial charge in [-0.1, -0.05) is 17.7 Å². The van der Waals surface area contributed by atoms with Crippen LogP contribution in [-0.4, -0.2) is 26.8 Å². The first-order valence-electron chi connectivity index (χ1n) is 6.55. The summed E-state index contributed by atoms with van der Waals surface area (Å²) in [4.78, 5) is 22.6. The first kappa shape index (κ1) is 13.1. The minimum atomic E-state index is -0.0607. The average Bonchev–Trinajstić information content (AvgIpc) is 3.30. The van der Waals surface area contributed by atoms with Crippen LogP contribution in [0.2, 0.25) is 5.02 Å². The lowest BCUT2D eigenvalue weighted by Crippen LogP contribution is -2.32. The van der Waals surface area contributed by atoms with Crippen LogP contribution in [0.5, 0.6) is 0 Å². The van der Waals surface area contributed by atoms with E-state index in [4.69, 9.17) is 11.6 Å². The number of carbonyl (C=O) groups is 1. The van der Waals surface area contributed by atoms with Crippen molar-refractivity contribution in [1.29, 1.82) is 0 Å². The predicted octanol–water partition coefficient (Wildman–Crippen LogP) is 2.93. The Morgan fingerprint density at radius 2 is 2.05 bits per heavy atom. The van der Waals surface area contributed by atoms with Gasteiger partial charge in [-0.3, -0.25) is 14.8 Å². The van der Waals surface area contributed by atoms with E-state index in [1.807, 2.05) is 17.0 Å². The Hall–Kier alpha value is -1.94. The van der Waals surface area contributed by atoms with Crippen molar-refractivity contribution < 1.29 is 4.79 Å². The molecular formula is C15H14ClN3O. The quantitative estimate of drug-likeness (QED) is 0.868. The standard InChI is InChI=1S/C15H14ClN3O/c16-14-5-7-18-9-13(14)15(20)19(12-3-4-12)10-11-2-1-6-17-8-11/h1-2,5-9,12H,3-4,10H2. The molecule has 0 radical (unpaired) electrons. The monoisotopic (exact) mass is 287 g/mol. The number of halogens is 1. The number of hydrogen-bond acceptors (Lipinski definition) is 3. The number of carbonyl (C=O) groups excluding carboxylic acids is 1. The van der Waals surface area contributed by atoms with Gasteiger partial charge in [0.2, 0.25) is 0 Å². The zero-order valence-electron chi connectivity index (χ0n) is 10.9. The maximum atomic E-state index is 12.6. The van der Waals surface area contributed by atoms with Crippen molar-refractivity contribution >= 4 is 17.5 Å². The van der Waals surface area contributed by atoms with Gasteiger partial charge in [0, 0.05) is 37.4 Å². The Balaban J connectivity index is 1.84. The van der Waals surface area contributed by atoms with E-state index in [1.54, 1.807) is 24.7 Å². The molecule has 3 rings (SSSR count). The molecule has 0 saturated heterocycles. The second-order valence-corrected chi connectivity index (χ2v) is 5.29. The second-order valence-electron chi connectivity index (χ2n) is 4.88. The van der Waals surface area contributed by atoms with E-state index in [2.05, 4.69) is 9.97 Å². The van der Waals surface area contributed by atoms with Gasteiger partial charge < -0.3 is 4.90 Å². The van der Waals surface area contributed by atoms with E-state index >= 15 is 0 Å². The fourth-order valence-electron chi connectivity index (χ4n) is 2.13. The summed E-state index contributed by atoms with van der Waals surface area (Å²) in [5.74, 6) is -0.0607. The van der Waals surface area contributed by atoms with Gasteiger partial charge in [-0.15, -0.1) is 0 Å². The summed E-state index contributed by atoms with van der Waals surface area (Å²) >= 11 is 6.09. The van der Waals surface area contributed by atoms with Gasteiger partial charge >= 0.3 is 0 Å². The normalized spacial score (nSPS) is 14.1. The number of pyridine rings is 2. The molecule has 2 aromatic rings. The Bertz CT molecular complexity index is 614. The molecule has 102 valence electrons. The van der Waals surface area contributed by atoms with Crippen LogP contribution in [0.4, 0.5) is 0 Å². The summed E-state index contributed by atoms with van der Waals surface area (Å²) in [6.07, 6.45) is 8.72. The SMILES string of the molecule is O=C(c1cnccc1Cl)N(Cc1cccnc1)C1CC1. The van der Waals surface area contributed by atoms with Crippen LogP contribution >= 0.6 is 11.6 Å². The highest BCUT2D eigenvalue weighted by molar-refractivity contribution is 6.33. The van der Waals surface area contributed by atoms with Crippen molar-refractivity contribution in [2.75, 3.05) is 0 Å². The summed E-state index contributed by atoms with van der Waals surface area (Å²) in [6, 6.07) is 5.80. The van der Waals surface area contributed by atoms with Crippen LogP contribution in [0, 0.1) is 0 Å². The van der Waals surface area contributed by atoms with E-state index in [0.29, 0.717) is 23.2 Å². The molecule has 1 aliphatic rings. The van der Waals surface area contributed by atoms with Crippen LogP contribution in [0.15, 0.2) is 43.0 Å². The van der Waals surface area contributed by atoms with Gasteiger partial charge in [-0.25, -0.2) is 0 Å². The fourth-order valence-corrected chi connectivity index (χ4v) is 2.32. The van der Waals surface area contributed by atoms with Gasteiger partial charge in [-0.05, 0) is 30.5 Å². The number of amides is 1. The first-order valence-corrected chi connectivity index (χ1v) is 6.93. The predicted molar refractivity (Wildman–Crippen MR) is 76.4 cm³/mol. The van der Waals surface area contributed by atoms with Gasteiger partial charge in [0.25, 0.3) is 5.91 Å². The minimum Gasteiger partial charge on any atom is -0.331 e. The molecule has 1 aliphatic carbocycles. The van der Waals surface area contributed by atoms with Crippen molar-refractivity contribution in [2.45, 2.75) is 25.4 Å². The van der Waals surface area contributed by atoms with Crippen LogP contribution in [0.25, 0.3) is 0 Å². The molecule has 0 aliphatic heterocycles. The third kappa shape index (κ3) is 2.80. The molecule has 5 heteroatoms. The zero-order chi connectivity index (χ0) is 13.9. The van der Waals surface area contributed by atoms with E-state index < -0.39 is 0 Å². The third-order valence-electron chi connectivity index (χ3n) is 3.32. The van der Waals surface area contributed by atoms with E-state index in [9.17, 15) is 4.79 Å². The van der Waals surface area contributed by atoms with E-state index in [1.165, 1.54) is 6.20 Å². The van der Waals surface area contributed by atoms with Crippen LogP contribution in [0.3, 0.4) is 0 Å². The Labute approximate surface area is 122 Å². The van der Waals surface area contributed by atoms with Crippen molar-refractivity contribution in [1.82, 2.24) is 14.9 Å². The number of hydrogen-bond donors (Lipinski definition) is 0. The maximum absolute atomic E-state index is 12.6. The molecule has 0 spiro atoms. The number of aromatic nitrogens is 2. The van der Waals surface area contributed by atoms with Gasteiger partial charge in [0.05, 0.1) is 10.6 Å². The molecule has 2 aromatic heterocycles. The lowest BCUT2D eigenvalue weighted by atomic mass is 10.2. The van der Waals surface area contributed by atoms with Crippen LogP contribution < -0.4 is 0 Å². The first-order chi connectivity index (χ1) is 9.75. The summed E-state index contributed by atoms with van der Waals surface area (Å²) in [7, 11) is 0. The van der Waals surface area contributed by atoms with Gasteiger partial charge in [-0.2, -0.15) is 0 Å². The summed E-state index contributed by atoms with van der Waals surface area (Å²) in [6.45, 7) is 0.558. The molecule has 1 fully saturated rings. The zero-order valence-corrected chi connectivity index (χ0v) is 11.6. The fraction of sp³-hybridized carbons (Fsp3) is 0.267. The van der Waals surface area contributed by atoms with Crippen LogP contribution in [0.1, 0.15) is 28.8 Å². The highest BCUT2D eigenvalue weighted by Crippen LogP contribution is 2.30. The lowest BCUT2D eigenvalue weighted by Gasteiger charge is -2.22. The molecule has 2 heterocycles. The number of nitrogens with zero attached hydrogens (tertiary/aromatic N) is 3. The molecule has 0 N–H and O–H groups in total. The van der Waals surface area contributed by atoms with E-state index in [-0.39, 0.29) is 5.91 Å². The molecule has 1 amide bonds. The second kappa shape index (κ2) is 5.59. The average molecular weight is 288 g/mol. The summed E-state index contributed by atoms with van der Waals surface area (Å²) in [5.41, 5.74) is 1.48. The molecule has 0 aromatic carbocycles. The minimum absolute atomic E-state index is 0.0607. The van der Waals surface area contributed by atoms with Crippen molar-refractivity contribution in [3.8, 4) is 0 Å². The molecule has 4 nitrogen and oxygen atoms in total. The van der Waals surface area contributed by atoms with Crippen LogP contribution in [-0.2, 0) is 6.54 Å². The third-order valence-corrected chi connectivity index (χ3v) is 3.65. The van der Waals surface area contributed by atoms with E-state index in [0.717, 1.165) is 18.4 Å². The Morgan fingerprint density at radius 1 is 1.25 bits per heavy atom. The molecule has 1 saturated carbocycles. The maximum Gasteiger partial charge on any atom is 0.257 e. The summed E-state index contributed by atoms with van der Waals surface area (Å²) in [5, 5.41) is 0.446. The topological polar surface area (TPSA) is 46.1 Å². The summed E-state index contributed by atoms with van der Waals surface area (Å²) < 4.78 is 0. The Kier molecular flexibility index (Phi) is 3.65. The molecule has 20 heavy (non-hydrogen) atoms. The van der Waals surface area contributed by atoms with Gasteiger partial charge in [0.15, 0.2) is 0 Å². The lowest BCUT2D eigenvalue weighted by molar-refractivity contribution is 0.0729. The largest absolute Gasteiger partial charge is 0.331 e. The molecule has 0 atom stereocenters. The molecular weight excluding hydrogens is 274 g/mol. The van der Waals surface area contributed by atoms with Gasteiger partial charge in [0.1, 0.15) is 0 Å². The number of rotatable bonds is 4. The highest BCUT2D eigenvalue weighted by Gasteiger charge is 2.33. The Morgan fingerprint density at radius 3 is 2.70 bits per heavy atom.